The lowest BCUT2D eigenvalue weighted by molar-refractivity contribution is 0.103. The molecule has 0 saturated carbocycles. The molecule has 0 radical (unpaired) electrons. The van der Waals surface area contributed by atoms with Gasteiger partial charge in [0.05, 0.1) is 39.9 Å². The van der Waals surface area contributed by atoms with Crippen molar-refractivity contribution in [2.75, 3.05) is 5.32 Å². The van der Waals surface area contributed by atoms with Gasteiger partial charge < -0.3 is 5.32 Å². The average Bonchev–Trinajstić information content (AvgIpc) is 3.38. The summed E-state index contributed by atoms with van der Waals surface area (Å²) in [5.41, 5.74) is 2.81. The van der Waals surface area contributed by atoms with Gasteiger partial charge in [0.25, 0.3) is 5.91 Å². The third-order valence-electron chi connectivity index (χ3n) is 3.96. The lowest BCUT2D eigenvalue weighted by Gasteiger charge is -2.07. The highest BCUT2D eigenvalue weighted by Crippen LogP contribution is 2.19. The summed E-state index contributed by atoms with van der Waals surface area (Å²) < 4.78 is 4.50. The van der Waals surface area contributed by atoms with Crippen LogP contribution in [-0.4, -0.2) is 25.5 Å². The first-order valence-corrected chi connectivity index (χ1v) is 10.4. The molecule has 0 bridgehead atoms. The number of hydrogen-bond acceptors (Lipinski definition) is 4. The van der Waals surface area contributed by atoms with Crippen LogP contribution in [-0.2, 0) is 13.1 Å². The molecule has 0 aliphatic heterocycles. The zero-order chi connectivity index (χ0) is 19.5. The van der Waals surface area contributed by atoms with Gasteiger partial charge in [-0.25, -0.2) is 0 Å². The maximum absolute atomic E-state index is 12.6. The molecule has 3 heterocycles. The van der Waals surface area contributed by atoms with Gasteiger partial charge in [-0.1, -0.05) is 23.7 Å². The van der Waals surface area contributed by atoms with Crippen molar-refractivity contribution >= 4 is 50.5 Å². The number of halogens is 2. The van der Waals surface area contributed by atoms with Gasteiger partial charge in [-0.15, -0.1) is 11.3 Å². The Hall–Kier alpha value is -2.42. The molecule has 1 N–H and O–H groups in total. The van der Waals surface area contributed by atoms with E-state index in [9.17, 15) is 4.79 Å². The summed E-state index contributed by atoms with van der Waals surface area (Å²) in [6.45, 7) is 1.20. The zero-order valence-electron chi connectivity index (χ0n) is 14.5. The van der Waals surface area contributed by atoms with E-state index in [1.807, 2.05) is 46.6 Å². The van der Waals surface area contributed by atoms with Crippen LogP contribution < -0.4 is 5.32 Å². The van der Waals surface area contributed by atoms with E-state index in [2.05, 4.69) is 31.4 Å². The van der Waals surface area contributed by atoms with Crippen molar-refractivity contribution in [3.63, 3.8) is 0 Å². The number of rotatable bonds is 6. The summed E-state index contributed by atoms with van der Waals surface area (Å²) in [6, 6.07) is 9.63. The Kier molecular flexibility index (Phi) is 5.61. The molecule has 0 fully saturated rings. The molecule has 0 aliphatic rings. The average molecular weight is 477 g/mol. The number of hydrogen-bond donors (Lipinski definition) is 1. The predicted molar refractivity (Wildman–Crippen MR) is 114 cm³/mol. The number of carbonyl (C=O) groups excluding carboxylic acids is 1. The Morgan fingerprint density at radius 2 is 1.89 bits per heavy atom. The molecule has 28 heavy (non-hydrogen) atoms. The number of thiophene rings is 1. The Balaban J connectivity index is 1.41. The third kappa shape index (κ3) is 4.70. The van der Waals surface area contributed by atoms with Crippen LogP contribution in [0.3, 0.4) is 0 Å². The van der Waals surface area contributed by atoms with Gasteiger partial charge in [0.1, 0.15) is 0 Å². The van der Waals surface area contributed by atoms with Gasteiger partial charge in [-0.3, -0.25) is 14.2 Å². The number of nitrogens with one attached hydrogen (secondary N) is 1. The molecule has 9 heteroatoms. The predicted octanol–water partition coefficient (Wildman–Crippen LogP) is 4.91. The van der Waals surface area contributed by atoms with Gasteiger partial charge in [0.2, 0.25) is 0 Å². The standard InChI is InChI=1S/C19H15BrClN5OS/c20-15-6-22-25(10-15)8-13-2-1-3-17(4-13)24-19(27)18-5-14(12-28-18)9-26-11-16(21)7-23-26/h1-7,10-12H,8-9H2,(H,24,27). The van der Waals surface area contributed by atoms with E-state index in [-0.39, 0.29) is 5.91 Å². The minimum absolute atomic E-state index is 0.131. The van der Waals surface area contributed by atoms with Gasteiger partial charge >= 0.3 is 0 Å². The van der Waals surface area contributed by atoms with Gasteiger partial charge in [-0.05, 0) is 50.6 Å². The molecule has 142 valence electrons. The van der Waals surface area contributed by atoms with E-state index >= 15 is 0 Å². The van der Waals surface area contributed by atoms with Crippen LogP contribution in [0.15, 0.2) is 65.0 Å². The number of carbonyl (C=O) groups is 1. The first-order valence-electron chi connectivity index (χ1n) is 8.39. The minimum atomic E-state index is -0.131. The van der Waals surface area contributed by atoms with E-state index in [1.54, 1.807) is 23.3 Å². The summed E-state index contributed by atoms with van der Waals surface area (Å²) in [5, 5.41) is 13.9. The Labute approximate surface area is 178 Å². The molecule has 0 spiro atoms. The highest BCUT2D eigenvalue weighted by molar-refractivity contribution is 9.10. The largest absolute Gasteiger partial charge is 0.321 e. The second-order valence-corrected chi connectivity index (χ2v) is 8.45. The normalized spacial score (nSPS) is 10.9. The van der Waals surface area contributed by atoms with Crippen LogP contribution in [0, 0.1) is 0 Å². The van der Waals surface area contributed by atoms with Crippen LogP contribution in [0.25, 0.3) is 0 Å². The van der Waals surface area contributed by atoms with E-state index in [1.165, 1.54) is 11.3 Å². The van der Waals surface area contributed by atoms with E-state index in [0.29, 0.717) is 23.0 Å². The Morgan fingerprint density at radius 1 is 1.11 bits per heavy atom. The zero-order valence-corrected chi connectivity index (χ0v) is 17.7. The highest BCUT2D eigenvalue weighted by atomic mass is 79.9. The molecule has 0 aliphatic carbocycles. The summed E-state index contributed by atoms with van der Waals surface area (Å²) in [7, 11) is 0. The highest BCUT2D eigenvalue weighted by Gasteiger charge is 2.11. The van der Waals surface area contributed by atoms with Gasteiger partial charge in [-0.2, -0.15) is 10.2 Å². The molecule has 0 atom stereocenters. The number of nitrogens with zero attached hydrogens (tertiary/aromatic N) is 4. The number of amides is 1. The van der Waals surface area contributed by atoms with Crippen LogP contribution in [0.5, 0.6) is 0 Å². The molecule has 4 rings (SSSR count). The molecular weight excluding hydrogens is 462 g/mol. The smallest absolute Gasteiger partial charge is 0.265 e. The van der Waals surface area contributed by atoms with Gasteiger partial charge in [0, 0.05) is 18.1 Å². The van der Waals surface area contributed by atoms with Crippen molar-refractivity contribution in [3.05, 3.63) is 86.0 Å². The summed E-state index contributed by atoms with van der Waals surface area (Å²) >= 11 is 10.7. The molecule has 0 saturated heterocycles. The van der Waals surface area contributed by atoms with Crippen molar-refractivity contribution in [2.45, 2.75) is 13.1 Å². The van der Waals surface area contributed by atoms with Crippen molar-refractivity contribution in [1.29, 1.82) is 0 Å². The summed E-state index contributed by atoms with van der Waals surface area (Å²) in [6.07, 6.45) is 7.00. The number of benzene rings is 1. The first-order chi connectivity index (χ1) is 13.5. The Morgan fingerprint density at radius 3 is 2.64 bits per heavy atom. The molecule has 6 nitrogen and oxygen atoms in total. The minimum Gasteiger partial charge on any atom is -0.321 e. The maximum atomic E-state index is 12.6. The fourth-order valence-corrected chi connectivity index (χ4v) is 4.02. The quantitative estimate of drug-likeness (QED) is 0.430. The molecule has 3 aromatic heterocycles. The van der Waals surface area contributed by atoms with Gasteiger partial charge in [0.15, 0.2) is 0 Å². The second-order valence-electron chi connectivity index (χ2n) is 6.19. The summed E-state index contributed by atoms with van der Waals surface area (Å²) in [5.74, 6) is -0.131. The van der Waals surface area contributed by atoms with Crippen molar-refractivity contribution in [2.24, 2.45) is 0 Å². The molecule has 0 unspecified atom stereocenters. The second kappa shape index (κ2) is 8.30. The lowest BCUT2D eigenvalue weighted by atomic mass is 10.2. The van der Waals surface area contributed by atoms with Crippen molar-refractivity contribution in [3.8, 4) is 0 Å². The van der Waals surface area contributed by atoms with Crippen LogP contribution in [0.4, 0.5) is 5.69 Å². The SMILES string of the molecule is O=C(Nc1cccc(Cn2cc(Br)cn2)c1)c1cc(Cn2cc(Cl)cn2)cs1. The number of anilines is 1. The van der Waals surface area contributed by atoms with Crippen molar-refractivity contribution < 1.29 is 4.79 Å². The fraction of sp³-hybridized carbons (Fsp3) is 0.105. The Bertz CT molecular complexity index is 1120. The van der Waals surface area contributed by atoms with Crippen LogP contribution in [0.2, 0.25) is 5.02 Å². The summed E-state index contributed by atoms with van der Waals surface area (Å²) in [4.78, 5) is 13.2. The topological polar surface area (TPSA) is 64.7 Å². The molecule has 4 aromatic rings. The van der Waals surface area contributed by atoms with Crippen LogP contribution in [0.1, 0.15) is 20.8 Å². The molecule has 1 amide bonds. The van der Waals surface area contributed by atoms with Crippen LogP contribution >= 0.6 is 38.9 Å². The lowest BCUT2D eigenvalue weighted by Crippen LogP contribution is -2.10. The third-order valence-corrected chi connectivity index (χ3v) is 5.54. The number of aromatic nitrogens is 4. The van der Waals surface area contributed by atoms with E-state index in [0.717, 1.165) is 21.3 Å². The van der Waals surface area contributed by atoms with E-state index < -0.39 is 0 Å². The first kappa shape index (κ1) is 18.9. The van der Waals surface area contributed by atoms with E-state index in [4.69, 9.17) is 11.6 Å². The molecule has 1 aromatic carbocycles. The molecular formula is C19H15BrClN5OS. The van der Waals surface area contributed by atoms with Crippen molar-refractivity contribution in [1.82, 2.24) is 19.6 Å². The monoisotopic (exact) mass is 475 g/mol. The maximum Gasteiger partial charge on any atom is 0.265 e. The fourth-order valence-electron chi connectivity index (χ4n) is 2.74.